The van der Waals surface area contributed by atoms with Gasteiger partial charge in [0.1, 0.15) is 6.33 Å². The van der Waals surface area contributed by atoms with Crippen molar-refractivity contribution in [2.24, 2.45) is 5.92 Å². The van der Waals surface area contributed by atoms with Crippen molar-refractivity contribution in [3.8, 4) is 0 Å². The molecular weight excluding hydrogens is 340 g/mol. The third kappa shape index (κ3) is 4.05. The van der Waals surface area contributed by atoms with Gasteiger partial charge in [-0.2, -0.15) is 10.1 Å². The maximum absolute atomic E-state index is 12.8. The summed E-state index contributed by atoms with van der Waals surface area (Å²) in [6, 6.07) is 7.23. The molecule has 0 aliphatic rings. The summed E-state index contributed by atoms with van der Waals surface area (Å²) in [6.07, 6.45) is 1.31. The topological polar surface area (TPSA) is 106 Å². The number of hydrogen-bond donors (Lipinski definition) is 2. The van der Waals surface area contributed by atoms with Crippen molar-refractivity contribution in [2.45, 2.75) is 25.5 Å². The number of thioether (sulfide) groups is 1. The number of carbonyl (C=O) groups excluding carboxylic acids is 1. The number of nitrogens with zero attached hydrogens (tertiary/aromatic N) is 4. The van der Waals surface area contributed by atoms with E-state index in [1.54, 1.807) is 16.7 Å². The second-order valence-corrected chi connectivity index (χ2v) is 6.83. The zero-order valence-corrected chi connectivity index (χ0v) is 14.7. The van der Waals surface area contributed by atoms with Crippen molar-refractivity contribution in [2.75, 3.05) is 11.1 Å². The smallest absolute Gasteiger partial charge is 0.262 e. The molecule has 1 aromatic carbocycles. The second-order valence-electron chi connectivity index (χ2n) is 5.89. The first-order chi connectivity index (χ1) is 12.0. The molecule has 2 heterocycles. The first-order valence-corrected chi connectivity index (χ1v) is 8.80. The van der Waals surface area contributed by atoms with Crippen LogP contribution in [0.15, 0.2) is 40.5 Å². The summed E-state index contributed by atoms with van der Waals surface area (Å²) < 4.78 is 1.64. The number of fused-ring (bicyclic) bond motifs is 1. The Hall–Kier alpha value is -2.68. The summed E-state index contributed by atoms with van der Waals surface area (Å²) in [6.45, 7) is 4.61. The Balaban J connectivity index is 1.86. The molecule has 130 valence electrons. The van der Waals surface area contributed by atoms with Gasteiger partial charge >= 0.3 is 0 Å². The highest BCUT2D eigenvalue weighted by Crippen LogP contribution is 2.19. The van der Waals surface area contributed by atoms with Crippen molar-refractivity contribution in [3.63, 3.8) is 0 Å². The molecule has 0 aliphatic heterocycles. The van der Waals surface area contributed by atoms with Crippen molar-refractivity contribution in [1.29, 1.82) is 0 Å². The van der Waals surface area contributed by atoms with Gasteiger partial charge in [-0.1, -0.05) is 37.7 Å². The number of nitrogens with one attached hydrogen (secondary N) is 2. The average molecular weight is 358 g/mol. The second kappa shape index (κ2) is 7.47. The summed E-state index contributed by atoms with van der Waals surface area (Å²) in [7, 11) is 0. The standard InChI is InChI=1S/C16H18N6O2S/c1-10(2)7-22-14(24)11-5-3-4-6-12(11)19-16(22)25-8-13(23)20-15-17-9-18-21-15/h3-6,9-10H,7-8H2,1-2H3,(H2,17,18,20,21,23). The number of rotatable bonds is 6. The molecule has 1 amide bonds. The highest BCUT2D eigenvalue weighted by Gasteiger charge is 2.14. The molecule has 0 unspecified atom stereocenters. The lowest BCUT2D eigenvalue weighted by Crippen LogP contribution is -2.26. The van der Waals surface area contributed by atoms with E-state index in [0.717, 1.165) is 0 Å². The van der Waals surface area contributed by atoms with Gasteiger partial charge in [-0.05, 0) is 18.1 Å². The molecule has 0 saturated heterocycles. The van der Waals surface area contributed by atoms with Crippen LogP contribution in [-0.2, 0) is 11.3 Å². The molecule has 0 atom stereocenters. The molecule has 0 fully saturated rings. The van der Waals surface area contributed by atoms with Crippen molar-refractivity contribution >= 4 is 34.5 Å². The van der Waals surface area contributed by atoms with Gasteiger partial charge in [0.25, 0.3) is 5.56 Å². The third-order valence-electron chi connectivity index (χ3n) is 3.38. The van der Waals surface area contributed by atoms with E-state index in [4.69, 9.17) is 0 Å². The molecule has 0 spiro atoms. The predicted molar refractivity (Wildman–Crippen MR) is 96.6 cm³/mol. The zero-order valence-electron chi connectivity index (χ0n) is 13.9. The van der Waals surface area contributed by atoms with Gasteiger partial charge in [0.2, 0.25) is 11.9 Å². The van der Waals surface area contributed by atoms with Crippen LogP contribution in [0.4, 0.5) is 5.95 Å². The molecule has 0 radical (unpaired) electrons. The molecule has 25 heavy (non-hydrogen) atoms. The van der Waals surface area contributed by atoms with Gasteiger partial charge in [0, 0.05) is 6.54 Å². The lowest BCUT2D eigenvalue weighted by molar-refractivity contribution is -0.113. The van der Waals surface area contributed by atoms with Crippen LogP contribution in [0, 0.1) is 5.92 Å². The Bertz CT molecular complexity index is 935. The zero-order chi connectivity index (χ0) is 17.8. The number of H-pyrrole nitrogens is 1. The van der Waals surface area contributed by atoms with Gasteiger partial charge in [0.15, 0.2) is 5.16 Å². The van der Waals surface area contributed by atoms with E-state index in [1.165, 1.54) is 18.1 Å². The molecular formula is C16H18N6O2S. The molecule has 0 aliphatic carbocycles. The van der Waals surface area contributed by atoms with E-state index >= 15 is 0 Å². The van der Waals surface area contributed by atoms with E-state index in [1.807, 2.05) is 26.0 Å². The maximum Gasteiger partial charge on any atom is 0.262 e. The number of anilines is 1. The lowest BCUT2D eigenvalue weighted by atomic mass is 10.2. The van der Waals surface area contributed by atoms with Crippen LogP contribution in [0.2, 0.25) is 0 Å². The summed E-state index contributed by atoms with van der Waals surface area (Å²) >= 11 is 1.23. The molecule has 9 heteroatoms. The highest BCUT2D eigenvalue weighted by molar-refractivity contribution is 7.99. The number of hydrogen-bond acceptors (Lipinski definition) is 6. The highest BCUT2D eigenvalue weighted by atomic mass is 32.2. The van der Waals surface area contributed by atoms with Gasteiger partial charge in [-0.15, -0.1) is 0 Å². The van der Waals surface area contributed by atoms with E-state index in [2.05, 4.69) is 25.5 Å². The predicted octanol–water partition coefficient (Wildman–Crippen LogP) is 1.90. The summed E-state index contributed by atoms with van der Waals surface area (Å²) in [5.74, 6) is 0.434. The number of carbonyl (C=O) groups is 1. The van der Waals surface area contributed by atoms with Gasteiger partial charge < -0.3 is 0 Å². The minimum atomic E-state index is -0.250. The Morgan fingerprint density at radius 2 is 2.16 bits per heavy atom. The molecule has 3 rings (SSSR count). The van der Waals surface area contributed by atoms with E-state index in [0.29, 0.717) is 22.6 Å². The number of benzene rings is 1. The van der Waals surface area contributed by atoms with Crippen LogP contribution in [0.5, 0.6) is 0 Å². The SMILES string of the molecule is CC(C)Cn1c(SCC(=O)Nc2ncn[nH]2)nc2ccccc2c1=O. The minimum absolute atomic E-state index is 0.0857. The van der Waals surface area contributed by atoms with Gasteiger partial charge in [-0.25, -0.2) is 10.1 Å². The van der Waals surface area contributed by atoms with Crippen LogP contribution < -0.4 is 10.9 Å². The largest absolute Gasteiger partial charge is 0.294 e. The van der Waals surface area contributed by atoms with Crippen LogP contribution in [0.3, 0.4) is 0 Å². The van der Waals surface area contributed by atoms with Crippen molar-refractivity contribution < 1.29 is 4.79 Å². The van der Waals surface area contributed by atoms with Crippen LogP contribution in [0.1, 0.15) is 13.8 Å². The van der Waals surface area contributed by atoms with Crippen molar-refractivity contribution in [3.05, 3.63) is 40.9 Å². The fourth-order valence-corrected chi connectivity index (χ4v) is 3.16. The number of amides is 1. The monoisotopic (exact) mass is 358 g/mol. The summed E-state index contributed by atoms with van der Waals surface area (Å²) in [4.78, 5) is 33.2. The molecule has 3 aromatic rings. The first kappa shape index (κ1) is 17.2. The summed E-state index contributed by atoms with van der Waals surface area (Å²) in [5.41, 5.74) is 0.545. The van der Waals surface area contributed by atoms with Gasteiger partial charge in [0.05, 0.1) is 16.7 Å². The van der Waals surface area contributed by atoms with E-state index < -0.39 is 0 Å². The molecule has 0 saturated carbocycles. The van der Waals surface area contributed by atoms with Crippen LogP contribution in [0.25, 0.3) is 10.9 Å². The molecule has 2 N–H and O–H groups in total. The number of aromatic amines is 1. The van der Waals surface area contributed by atoms with Crippen molar-refractivity contribution in [1.82, 2.24) is 24.7 Å². The van der Waals surface area contributed by atoms with Crippen LogP contribution >= 0.6 is 11.8 Å². The minimum Gasteiger partial charge on any atom is -0.294 e. The Morgan fingerprint density at radius 3 is 2.88 bits per heavy atom. The Kier molecular flexibility index (Phi) is 5.13. The fraction of sp³-hybridized carbons (Fsp3) is 0.312. The number of aromatic nitrogens is 5. The normalized spacial score (nSPS) is 11.2. The average Bonchev–Trinajstić information content (AvgIpc) is 3.08. The fourth-order valence-electron chi connectivity index (χ4n) is 2.35. The molecule has 2 aromatic heterocycles. The van der Waals surface area contributed by atoms with Gasteiger partial charge in [-0.3, -0.25) is 19.5 Å². The quantitative estimate of drug-likeness (QED) is 0.515. The Labute approximate surface area is 148 Å². The maximum atomic E-state index is 12.8. The van der Waals surface area contributed by atoms with Crippen LogP contribution in [-0.4, -0.2) is 36.4 Å². The molecule has 8 nitrogen and oxygen atoms in total. The molecule has 0 bridgehead atoms. The number of para-hydroxylation sites is 1. The Morgan fingerprint density at radius 1 is 1.36 bits per heavy atom. The van der Waals surface area contributed by atoms with E-state index in [-0.39, 0.29) is 29.1 Å². The third-order valence-corrected chi connectivity index (χ3v) is 4.36. The lowest BCUT2D eigenvalue weighted by Gasteiger charge is -2.14. The summed E-state index contributed by atoms with van der Waals surface area (Å²) in [5, 5.41) is 9.95. The van der Waals surface area contributed by atoms with E-state index in [9.17, 15) is 9.59 Å². The first-order valence-electron chi connectivity index (χ1n) is 7.82.